The van der Waals surface area contributed by atoms with E-state index in [0.717, 1.165) is 24.5 Å². The quantitative estimate of drug-likeness (QED) is 0.844. The second kappa shape index (κ2) is 4.92. The monoisotopic (exact) mass is 257 g/mol. The van der Waals surface area contributed by atoms with Crippen LogP contribution in [0.4, 0.5) is 13.2 Å². The summed E-state index contributed by atoms with van der Waals surface area (Å²) >= 11 is 0. The average Bonchev–Trinajstić information content (AvgIpc) is 2.80. The van der Waals surface area contributed by atoms with E-state index in [1.54, 1.807) is 13.0 Å². The Morgan fingerprint density at radius 2 is 1.83 bits per heavy atom. The van der Waals surface area contributed by atoms with E-state index in [1.165, 1.54) is 18.9 Å². The third kappa shape index (κ3) is 2.69. The first-order valence-electron chi connectivity index (χ1n) is 6.33. The van der Waals surface area contributed by atoms with Crippen LogP contribution in [-0.2, 0) is 6.18 Å². The van der Waals surface area contributed by atoms with Crippen molar-refractivity contribution in [3.63, 3.8) is 0 Å². The van der Waals surface area contributed by atoms with Crippen LogP contribution in [-0.4, -0.2) is 0 Å². The van der Waals surface area contributed by atoms with Crippen molar-refractivity contribution >= 4 is 0 Å². The van der Waals surface area contributed by atoms with Gasteiger partial charge in [-0.05, 0) is 48.9 Å². The average molecular weight is 257 g/mol. The van der Waals surface area contributed by atoms with Crippen molar-refractivity contribution in [2.75, 3.05) is 0 Å². The van der Waals surface area contributed by atoms with Crippen molar-refractivity contribution in [2.24, 2.45) is 11.7 Å². The fraction of sp³-hybridized carbons (Fsp3) is 0.571. The van der Waals surface area contributed by atoms with E-state index in [4.69, 9.17) is 5.73 Å². The zero-order chi connectivity index (χ0) is 13.3. The molecule has 2 rings (SSSR count). The third-order valence-corrected chi connectivity index (χ3v) is 3.86. The second-order valence-electron chi connectivity index (χ2n) is 5.14. The molecule has 0 heterocycles. The molecule has 1 aromatic carbocycles. The maximum absolute atomic E-state index is 12.6. The normalized spacial score (nSPS) is 19.2. The number of hydrogen-bond acceptors (Lipinski definition) is 1. The SMILES string of the molecule is Cc1cc(C(F)(F)F)ccc1C(N)C1CCCC1. The summed E-state index contributed by atoms with van der Waals surface area (Å²) in [6, 6.07) is 3.75. The Morgan fingerprint density at radius 1 is 1.22 bits per heavy atom. The molecule has 0 aromatic heterocycles. The molecule has 18 heavy (non-hydrogen) atoms. The molecule has 1 aromatic rings. The molecule has 0 bridgehead atoms. The Hall–Kier alpha value is -1.03. The van der Waals surface area contributed by atoms with E-state index in [2.05, 4.69) is 0 Å². The molecule has 0 amide bonds. The van der Waals surface area contributed by atoms with Crippen molar-refractivity contribution in [1.29, 1.82) is 0 Å². The molecule has 1 fully saturated rings. The Balaban J connectivity index is 2.24. The highest BCUT2D eigenvalue weighted by molar-refractivity contribution is 5.34. The van der Waals surface area contributed by atoms with E-state index in [-0.39, 0.29) is 6.04 Å². The van der Waals surface area contributed by atoms with Crippen molar-refractivity contribution in [2.45, 2.75) is 44.8 Å². The van der Waals surface area contributed by atoms with Crippen LogP contribution in [0.15, 0.2) is 18.2 Å². The van der Waals surface area contributed by atoms with E-state index in [0.29, 0.717) is 11.5 Å². The van der Waals surface area contributed by atoms with Crippen LogP contribution >= 0.6 is 0 Å². The highest BCUT2D eigenvalue weighted by Crippen LogP contribution is 2.37. The summed E-state index contributed by atoms with van der Waals surface area (Å²) < 4.78 is 37.7. The standard InChI is InChI=1S/C14H18F3N/c1-9-8-11(14(15,16)17)6-7-12(9)13(18)10-4-2-3-5-10/h6-8,10,13H,2-5,18H2,1H3. The molecule has 0 radical (unpaired) electrons. The molecule has 2 N–H and O–H groups in total. The van der Waals surface area contributed by atoms with Gasteiger partial charge in [-0.25, -0.2) is 0 Å². The molecular formula is C14H18F3N. The van der Waals surface area contributed by atoms with Gasteiger partial charge < -0.3 is 5.73 Å². The van der Waals surface area contributed by atoms with Gasteiger partial charge in [-0.3, -0.25) is 0 Å². The van der Waals surface area contributed by atoms with Crippen molar-refractivity contribution in [3.05, 3.63) is 34.9 Å². The van der Waals surface area contributed by atoms with Gasteiger partial charge in [-0.2, -0.15) is 13.2 Å². The van der Waals surface area contributed by atoms with Gasteiger partial charge in [0.25, 0.3) is 0 Å². The highest BCUT2D eigenvalue weighted by atomic mass is 19.4. The summed E-state index contributed by atoms with van der Waals surface area (Å²) in [5.41, 5.74) is 7.08. The fourth-order valence-electron chi connectivity index (χ4n) is 2.80. The summed E-state index contributed by atoms with van der Waals surface area (Å²) in [5.74, 6) is 0.417. The minimum Gasteiger partial charge on any atom is -0.324 e. The molecule has 1 nitrogen and oxygen atoms in total. The minimum absolute atomic E-state index is 0.130. The number of nitrogens with two attached hydrogens (primary N) is 1. The van der Waals surface area contributed by atoms with E-state index in [1.807, 2.05) is 0 Å². The molecular weight excluding hydrogens is 239 g/mol. The van der Waals surface area contributed by atoms with Crippen LogP contribution in [0, 0.1) is 12.8 Å². The Morgan fingerprint density at radius 3 is 2.33 bits per heavy atom. The van der Waals surface area contributed by atoms with Gasteiger partial charge in [-0.15, -0.1) is 0 Å². The van der Waals surface area contributed by atoms with Crippen LogP contribution in [0.25, 0.3) is 0 Å². The maximum atomic E-state index is 12.6. The van der Waals surface area contributed by atoms with Crippen LogP contribution < -0.4 is 5.73 Å². The highest BCUT2D eigenvalue weighted by Gasteiger charge is 2.31. The molecule has 1 saturated carbocycles. The first-order chi connectivity index (χ1) is 8.39. The molecule has 0 aliphatic heterocycles. The summed E-state index contributed by atoms with van der Waals surface area (Å²) in [7, 11) is 0. The topological polar surface area (TPSA) is 26.0 Å². The molecule has 100 valence electrons. The van der Waals surface area contributed by atoms with Gasteiger partial charge in [0.05, 0.1) is 5.56 Å². The van der Waals surface area contributed by atoms with Crippen molar-refractivity contribution in [3.8, 4) is 0 Å². The lowest BCUT2D eigenvalue weighted by Gasteiger charge is -2.22. The van der Waals surface area contributed by atoms with Gasteiger partial charge in [0, 0.05) is 6.04 Å². The number of benzene rings is 1. The number of alkyl halides is 3. The smallest absolute Gasteiger partial charge is 0.324 e. The maximum Gasteiger partial charge on any atom is 0.416 e. The van der Waals surface area contributed by atoms with Gasteiger partial charge in [0.1, 0.15) is 0 Å². The number of hydrogen-bond donors (Lipinski definition) is 1. The Bertz CT molecular complexity index is 420. The van der Waals surface area contributed by atoms with Crippen LogP contribution in [0.5, 0.6) is 0 Å². The molecule has 1 atom stereocenters. The van der Waals surface area contributed by atoms with E-state index < -0.39 is 11.7 Å². The first kappa shape index (κ1) is 13.4. The van der Waals surface area contributed by atoms with Gasteiger partial charge in [0.15, 0.2) is 0 Å². The van der Waals surface area contributed by atoms with Gasteiger partial charge >= 0.3 is 6.18 Å². The van der Waals surface area contributed by atoms with Crippen LogP contribution in [0.3, 0.4) is 0 Å². The zero-order valence-electron chi connectivity index (χ0n) is 10.4. The molecule has 1 aliphatic carbocycles. The summed E-state index contributed by atoms with van der Waals surface area (Å²) in [6.07, 6.45) is 0.250. The van der Waals surface area contributed by atoms with Gasteiger partial charge in [-0.1, -0.05) is 18.9 Å². The summed E-state index contributed by atoms with van der Waals surface area (Å²) in [4.78, 5) is 0. The lowest BCUT2D eigenvalue weighted by atomic mass is 9.89. The lowest BCUT2D eigenvalue weighted by molar-refractivity contribution is -0.137. The van der Waals surface area contributed by atoms with Crippen molar-refractivity contribution in [1.82, 2.24) is 0 Å². The molecule has 1 aliphatic rings. The predicted molar refractivity (Wildman–Crippen MR) is 65.1 cm³/mol. The second-order valence-corrected chi connectivity index (χ2v) is 5.14. The van der Waals surface area contributed by atoms with Crippen LogP contribution in [0.2, 0.25) is 0 Å². The largest absolute Gasteiger partial charge is 0.416 e. The van der Waals surface area contributed by atoms with E-state index >= 15 is 0 Å². The summed E-state index contributed by atoms with van der Waals surface area (Å²) in [5, 5.41) is 0. The number of halogens is 3. The third-order valence-electron chi connectivity index (χ3n) is 3.86. The lowest BCUT2D eigenvalue weighted by Crippen LogP contribution is -2.20. The number of rotatable bonds is 2. The Labute approximate surface area is 105 Å². The molecule has 4 heteroatoms. The first-order valence-corrected chi connectivity index (χ1v) is 6.33. The zero-order valence-corrected chi connectivity index (χ0v) is 10.4. The predicted octanol–water partition coefficient (Wildman–Crippen LogP) is 4.20. The number of aryl methyl sites for hydroxylation is 1. The van der Waals surface area contributed by atoms with Crippen LogP contribution in [0.1, 0.15) is 48.4 Å². The molecule has 0 saturated heterocycles. The minimum atomic E-state index is -4.28. The van der Waals surface area contributed by atoms with Crippen molar-refractivity contribution < 1.29 is 13.2 Å². The fourth-order valence-corrected chi connectivity index (χ4v) is 2.80. The molecule has 1 unspecified atom stereocenters. The Kier molecular flexibility index (Phi) is 3.66. The van der Waals surface area contributed by atoms with Gasteiger partial charge in [0.2, 0.25) is 0 Å². The summed E-state index contributed by atoms with van der Waals surface area (Å²) in [6.45, 7) is 1.71. The van der Waals surface area contributed by atoms with E-state index in [9.17, 15) is 13.2 Å². The molecule has 0 spiro atoms.